The zero-order chi connectivity index (χ0) is 53.9. The Kier molecular flexibility index (Phi) is 23.0. The molecule has 3 aliphatic rings. The average molecular weight is 1050 g/mol. The molecule has 20 heteroatoms. The van der Waals surface area contributed by atoms with Gasteiger partial charge in [0, 0.05) is 64.0 Å². The zero-order valence-electron chi connectivity index (χ0n) is 45.0. The maximum Gasteiger partial charge on any atom is 0.311 e. The molecule has 18 nitrogen and oxygen atoms in total. The predicted molar refractivity (Wildman–Crippen MR) is 270 cm³/mol. The van der Waals surface area contributed by atoms with E-state index in [-0.39, 0.29) is 42.2 Å². The summed E-state index contributed by atoms with van der Waals surface area (Å²) in [5, 5.41) is 51.0. The highest BCUT2D eigenvalue weighted by Crippen LogP contribution is 2.40. The molecule has 0 aromatic heterocycles. The molecule has 0 aliphatic carbocycles. The number of methoxy groups -OCH3 is 1. The fourth-order valence-electron chi connectivity index (χ4n) is 10.6. The van der Waals surface area contributed by atoms with Crippen LogP contribution < -0.4 is 15.8 Å². The van der Waals surface area contributed by atoms with Gasteiger partial charge in [-0.15, -0.1) is 0 Å². The number of likely N-dealkylation sites (N-methyl/N-ethyl adjacent to an activating group) is 1. The molecule has 0 saturated carbocycles. The number of cyclic esters (lactones) is 1. The molecule has 0 radical (unpaired) electrons. The number of aliphatic hydroxyl groups is 4. The van der Waals surface area contributed by atoms with Gasteiger partial charge in [-0.05, 0) is 112 Å². The third-order valence-electron chi connectivity index (χ3n) is 15.2. The second kappa shape index (κ2) is 26.8. The van der Waals surface area contributed by atoms with Gasteiger partial charge in [0.25, 0.3) is 0 Å². The molecule has 0 amide bonds. The maximum atomic E-state index is 14.5. The number of carbonyl (C=O) groups excluding carboxylic acids is 1. The van der Waals surface area contributed by atoms with Gasteiger partial charge < -0.3 is 74.4 Å². The molecule has 4 rings (SSSR count). The molecule has 72 heavy (non-hydrogen) atoms. The fraction of sp³-hybridized carbons (Fsp3) is 0.788. The molecule has 3 aliphatic heterocycles. The van der Waals surface area contributed by atoms with Gasteiger partial charge in [0.2, 0.25) is 9.84 Å². The smallest absolute Gasteiger partial charge is 0.311 e. The van der Waals surface area contributed by atoms with Crippen LogP contribution in [0.25, 0.3) is 0 Å². The van der Waals surface area contributed by atoms with E-state index in [1.807, 2.05) is 38.9 Å². The summed E-state index contributed by atoms with van der Waals surface area (Å²) in [6, 6.07) is 3.65. The van der Waals surface area contributed by atoms with Crippen LogP contribution in [0.4, 0.5) is 4.39 Å². The minimum Gasteiger partial charge on any atom is -0.494 e. The largest absolute Gasteiger partial charge is 0.494 e. The van der Waals surface area contributed by atoms with Gasteiger partial charge >= 0.3 is 5.97 Å². The zero-order valence-corrected chi connectivity index (χ0v) is 45.8. The number of sulfone groups is 1. The molecule has 1 aromatic rings. The van der Waals surface area contributed by atoms with Crippen LogP contribution in [-0.4, -0.2) is 182 Å². The van der Waals surface area contributed by atoms with E-state index in [0.29, 0.717) is 51.3 Å². The molecule has 17 atom stereocenters. The van der Waals surface area contributed by atoms with Crippen LogP contribution in [0.5, 0.6) is 5.75 Å². The van der Waals surface area contributed by atoms with Crippen molar-refractivity contribution in [1.82, 2.24) is 15.1 Å². The normalized spacial score (nSPS) is 38.4. The molecule has 3 fully saturated rings. The lowest BCUT2D eigenvalue weighted by molar-refractivity contribution is -0.309. The summed E-state index contributed by atoms with van der Waals surface area (Å²) >= 11 is 0. The Morgan fingerprint density at radius 1 is 1.03 bits per heavy atom. The number of hydrogen-bond acceptors (Lipinski definition) is 17. The highest BCUT2D eigenvalue weighted by atomic mass is 32.2. The van der Waals surface area contributed by atoms with Crippen molar-refractivity contribution in [3.05, 3.63) is 48.8 Å². The third kappa shape index (κ3) is 15.9. The summed E-state index contributed by atoms with van der Waals surface area (Å²) in [7, 11) is 1.47. The van der Waals surface area contributed by atoms with Crippen LogP contribution in [0.3, 0.4) is 0 Å². The summed E-state index contributed by atoms with van der Waals surface area (Å²) in [6.07, 6.45) is -1.97. The van der Waals surface area contributed by atoms with E-state index in [1.54, 1.807) is 41.5 Å². The average Bonchev–Trinajstić information content (AvgIpc) is 3.34. The minimum absolute atomic E-state index is 0.0385. The van der Waals surface area contributed by atoms with Crippen LogP contribution >= 0.6 is 0 Å². The van der Waals surface area contributed by atoms with Crippen molar-refractivity contribution in [2.24, 2.45) is 17.8 Å². The third-order valence-corrected chi connectivity index (χ3v) is 16.5. The molecular weight excluding hydrogens is 956 g/mol. The number of rotatable bonds is 19. The first kappa shape index (κ1) is 61.7. The van der Waals surface area contributed by atoms with Gasteiger partial charge in [-0.2, -0.15) is 0 Å². The minimum atomic E-state index is -3.93. The van der Waals surface area contributed by atoms with Gasteiger partial charge in [0.15, 0.2) is 18.6 Å². The molecule has 3 heterocycles. The summed E-state index contributed by atoms with van der Waals surface area (Å²) in [5.41, 5.74) is 0.557. The Morgan fingerprint density at radius 3 is 2.31 bits per heavy atom. The summed E-state index contributed by atoms with van der Waals surface area (Å²) in [5.74, 6) is -2.15. The SMILES string of the molecule is C=C[C@]1(O)[C@H](O)[C@@H](C)N(C)C[C@H](C)C[C@@](C)(O)[C@H](O[C@H]2C[C@@H](N(C)CC/C([NH3+])=C/NCCCOc3ccc(S(=O)(=O)CF)cc3)C[C@@H](C)O2)[C@@H](C)[C@H](O[C@H]2C[C@@](C)(OC)[C@@H](O)[C@H](C)O2)[C@@H](C)C(=O)O[C@@H]1CC. The van der Waals surface area contributed by atoms with E-state index in [2.05, 4.69) is 29.6 Å². The number of alkyl halides is 1. The molecule has 0 unspecified atom stereocenters. The number of benzene rings is 1. The van der Waals surface area contributed by atoms with Gasteiger partial charge in [0.05, 0.1) is 59.2 Å². The number of hydrogen-bond donors (Lipinski definition) is 6. The first-order chi connectivity index (χ1) is 33.7. The van der Waals surface area contributed by atoms with Crippen LogP contribution in [0.1, 0.15) is 107 Å². The lowest BCUT2D eigenvalue weighted by Gasteiger charge is -2.48. The summed E-state index contributed by atoms with van der Waals surface area (Å²) in [6.45, 7) is 22.3. The predicted octanol–water partition coefficient (Wildman–Crippen LogP) is 3.70. The van der Waals surface area contributed by atoms with E-state index in [1.165, 1.54) is 37.5 Å². The fourth-order valence-corrected chi connectivity index (χ4v) is 11.3. The highest BCUT2D eigenvalue weighted by molar-refractivity contribution is 7.91. The van der Waals surface area contributed by atoms with Crippen LogP contribution in [0.15, 0.2) is 53.7 Å². The van der Waals surface area contributed by atoms with Gasteiger partial charge in [0.1, 0.15) is 35.4 Å². The van der Waals surface area contributed by atoms with Crippen molar-refractivity contribution in [3.8, 4) is 5.75 Å². The molecule has 414 valence electrons. The first-order valence-corrected chi connectivity index (χ1v) is 27.3. The molecule has 0 bridgehead atoms. The number of carbonyl (C=O) groups is 1. The topological polar surface area (TPSA) is 243 Å². The number of esters is 1. The van der Waals surface area contributed by atoms with Crippen molar-refractivity contribution in [2.45, 2.75) is 196 Å². The summed E-state index contributed by atoms with van der Waals surface area (Å²) < 4.78 is 80.6. The Balaban J connectivity index is 1.55. The van der Waals surface area contributed by atoms with Gasteiger partial charge in [-0.3, -0.25) is 4.79 Å². The first-order valence-electron chi connectivity index (χ1n) is 25.6. The monoisotopic (exact) mass is 1050 g/mol. The number of nitrogens with zero attached hydrogens (tertiary/aromatic N) is 2. The van der Waals surface area contributed by atoms with Crippen LogP contribution in [0, 0.1) is 17.8 Å². The lowest BCUT2D eigenvalue weighted by Crippen LogP contribution is -2.60. The summed E-state index contributed by atoms with van der Waals surface area (Å²) in [4.78, 5) is 18.6. The Labute approximate surface area is 428 Å². The van der Waals surface area contributed by atoms with E-state index in [0.717, 1.165) is 12.1 Å². The quantitative estimate of drug-likeness (QED) is 0.0658. The lowest BCUT2D eigenvalue weighted by atomic mass is 9.77. The van der Waals surface area contributed by atoms with E-state index in [9.17, 15) is 38.0 Å². The van der Waals surface area contributed by atoms with Crippen LogP contribution in [-0.2, 0) is 43.1 Å². The highest BCUT2D eigenvalue weighted by Gasteiger charge is 2.52. The van der Waals surface area contributed by atoms with Crippen molar-refractivity contribution < 1.29 is 76.9 Å². The van der Waals surface area contributed by atoms with Gasteiger partial charge in [-0.1, -0.05) is 33.4 Å². The molecular formula is C52H90FN4O14S+. The van der Waals surface area contributed by atoms with Crippen LogP contribution in [0.2, 0.25) is 0 Å². The number of halogens is 1. The van der Waals surface area contributed by atoms with Gasteiger partial charge in [-0.25, -0.2) is 12.8 Å². The molecule has 3 saturated heterocycles. The van der Waals surface area contributed by atoms with E-state index < -0.39 is 106 Å². The van der Waals surface area contributed by atoms with Crippen molar-refractivity contribution in [1.29, 1.82) is 0 Å². The molecule has 1 aromatic carbocycles. The maximum absolute atomic E-state index is 14.5. The molecule has 8 N–H and O–H groups in total. The standard InChI is InChI=1S/C52H89FN4O14S/c1-14-42-52(62,15-2)46(58)36(7)57(12)30-32(3)27-50(9,61)48(34(5)45(35(6)49(60)69-42)70-44-28-51(10,65-13)47(59)37(8)68-44)71-43-26-39(25-33(4)67-43)56(11)23-21-38(54)29-55-22-16-24-66-40-17-19-41(20-18-40)72(63,64)31-53/h15,17-20,29,32-37,39,42-48,55,58-59,61-62H,2,14,16,21-28,30-31,54H2,1,3-13H3/p+1/b38-29-/t32-,33-,34+,35-,36-,37+,39+,42-,43+,44+,45+,46-,47+,48-,50-,51-,52-/m1/s1. The Morgan fingerprint density at radius 2 is 1.69 bits per heavy atom. The number of nitrogens with one attached hydrogen (secondary N) is 1. The number of quaternary nitrogens is 1. The number of aliphatic hydroxyl groups excluding tert-OH is 2. The van der Waals surface area contributed by atoms with E-state index >= 15 is 0 Å². The second-order valence-electron chi connectivity index (χ2n) is 21.3. The van der Waals surface area contributed by atoms with E-state index in [4.69, 9.17) is 33.2 Å². The second-order valence-corrected chi connectivity index (χ2v) is 23.3. The van der Waals surface area contributed by atoms with Crippen molar-refractivity contribution in [3.63, 3.8) is 0 Å². The van der Waals surface area contributed by atoms with Crippen molar-refractivity contribution in [2.75, 3.05) is 53.5 Å². The number of ether oxygens (including phenoxy) is 7. The Bertz CT molecular complexity index is 2000. The van der Waals surface area contributed by atoms with Crippen molar-refractivity contribution >= 4 is 15.8 Å². The Hall–Kier alpha value is -2.83. The molecule has 0 spiro atoms.